The maximum Gasteiger partial charge on any atom is 0.226 e. The molecule has 0 atom stereocenters. The number of halogens is 2. The van der Waals surface area contributed by atoms with Gasteiger partial charge >= 0.3 is 0 Å². The van der Waals surface area contributed by atoms with Crippen LogP contribution in [0.5, 0.6) is 5.75 Å². The molecule has 3 rings (SSSR count). The molecule has 0 fully saturated rings. The van der Waals surface area contributed by atoms with Gasteiger partial charge in [0.05, 0.1) is 12.8 Å². The number of rotatable bonds is 6. The van der Waals surface area contributed by atoms with Crippen LogP contribution < -0.4 is 10.1 Å². The number of aryl methyl sites for hydroxylation is 2. The molecule has 1 aromatic heterocycles. The third kappa shape index (κ3) is 4.68. The van der Waals surface area contributed by atoms with Crippen molar-refractivity contribution in [2.45, 2.75) is 19.8 Å². The van der Waals surface area contributed by atoms with Gasteiger partial charge < -0.3 is 10.1 Å². The number of carbonyl (C=O) groups excluding carboxylic acids is 1. The SMILES string of the molecule is COc1ccc(CCC(=O)Nc2nc(-c3ccc(F)cc3)c(C)s2)cc1F. The Labute approximate surface area is 159 Å². The van der Waals surface area contributed by atoms with Crippen LogP contribution in [0.4, 0.5) is 13.9 Å². The minimum atomic E-state index is -0.449. The van der Waals surface area contributed by atoms with Crippen molar-refractivity contribution in [3.05, 3.63) is 64.5 Å². The Morgan fingerprint density at radius 3 is 2.59 bits per heavy atom. The molecule has 0 aliphatic heterocycles. The maximum atomic E-state index is 13.7. The molecule has 0 bridgehead atoms. The summed E-state index contributed by atoms with van der Waals surface area (Å²) in [5, 5.41) is 3.25. The zero-order valence-corrected chi connectivity index (χ0v) is 15.7. The predicted octanol–water partition coefficient (Wildman–Crippen LogP) is 4.98. The Bertz CT molecular complexity index is 955. The molecule has 0 aliphatic rings. The van der Waals surface area contributed by atoms with Gasteiger partial charge in [-0.15, -0.1) is 11.3 Å². The number of anilines is 1. The Kier molecular flexibility index (Phi) is 5.81. The smallest absolute Gasteiger partial charge is 0.226 e. The minimum absolute atomic E-state index is 0.176. The fourth-order valence-corrected chi connectivity index (χ4v) is 3.48. The van der Waals surface area contributed by atoms with E-state index < -0.39 is 5.82 Å². The number of ether oxygens (including phenoxy) is 1. The number of hydrogen-bond donors (Lipinski definition) is 1. The molecule has 1 heterocycles. The van der Waals surface area contributed by atoms with E-state index in [-0.39, 0.29) is 23.9 Å². The quantitative estimate of drug-likeness (QED) is 0.648. The van der Waals surface area contributed by atoms with Gasteiger partial charge in [0.2, 0.25) is 5.91 Å². The topological polar surface area (TPSA) is 51.2 Å². The number of methoxy groups -OCH3 is 1. The second-order valence-corrected chi connectivity index (χ2v) is 7.15. The van der Waals surface area contributed by atoms with Gasteiger partial charge in [-0.05, 0) is 55.3 Å². The van der Waals surface area contributed by atoms with Crippen molar-refractivity contribution in [1.82, 2.24) is 4.98 Å². The van der Waals surface area contributed by atoms with Crippen molar-refractivity contribution in [1.29, 1.82) is 0 Å². The highest BCUT2D eigenvalue weighted by Gasteiger charge is 2.13. The monoisotopic (exact) mass is 388 g/mol. The lowest BCUT2D eigenvalue weighted by Crippen LogP contribution is -2.12. The lowest BCUT2D eigenvalue weighted by molar-refractivity contribution is -0.116. The van der Waals surface area contributed by atoms with Gasteiger partial charge in [-0.2, -0.15) is 0 Å². The number of nitrogens with zero attached hydrogens (tertiary/aromatic N) is 1. The van der Waals surface area contributed by atoms with Crippen LogP contribution in [0.1, 0.15) is 16.9 Å². The molecule has 0 saturated carbocycles. The molecular formula is C20H18F2N2O2S. The van der Waals surface area contributed by atoms with Crippen molar-refractivity contribution >= 4 is 22.4 Å². The lowest BCUT2D eigenvalue weighted by atomic mass is 10.1. The molecule has 0 spiro atoms. The molecule has 7 heteroatoms. The van der Waals surface area contributed by atoms with Gasteiger partial charge in [0.1, 0.15) is 5.82 Å². The molecular weight excluding hydrogens is 370 g/mol. The molecule has 0 unspecified atom stereocenters. The van der Waals surface area contributed by atoms with Crippen LogP contribution in [-0.4, -0.2) is 18.0 Å². The number of amides is 1. The Balaban J connectivity index is 1.62. The van der Waals surface area contributed by atoms with E-state index in [2.05, 4.69) is 10.3 Å². The minimum Gasteiger partial charge on any atom is -0.494 e. The van der Waals surface area contributed by atoms with E-state index in [9.17, 15) is 13.6 Å². The molecule has 0 radical (unpaired) electrons. The van der Waals surface area contributed by atoms with Crippen molar-refractivity contribution in [2.24, 2.45) is 0 Å². The highest BCUT2D eigenvalue weighted by Crippen LogP contribution is 2.30. The molecule has 2 aromatic carbocycles. The van der Waals surface area contributed by atoms with E-state index in [1.54, 1.807) is 24.3 Å². The Hall–Kier alpha value is -2.80. The first-order valence-electron chi connectivity index (χ1n) is 8.32. The van der Waals surface area contributed by atoms with Crippen LogP contribution in [0.2, 0.25) is 0 Å². The van der Waals surface area contributed by atoms with E-state index in [1.165, 1.54) is 36.6 Å². The average Bonchev–Trinajstić information content (AvgIpc) is 3.01. The summed E-state index contributed by atoms with van der Waals surface area (Å²) in [6, 6.07) is 10.7. The summed E-state index contributed by atoms with van der Waals surface area (Å²) < 4.78 is 31.6. The average molecular weight is 388 g/mol. The number of thiazole rings is 1. The number of carbonyl (C=O) groups is 1. The van der Waals surface area contributed by atoms with E-state index in [0.29, 0.717) is 22.8 Å². The van der Waals surface area contributed by atoms with Crippen LogP contribution >= 0.6 is 11.3 Å². The van der Waals surface area contributed by atoms with Crippen LogP contribution in [0.15, 0.2) is 42.5 Å². The summed E-state index contributed by atoms with van der Waals surface area (Å²) in [6.45, 7) is 1.89. The summed E-state index contributed by atoms with van der Waals surface area (Å²) in [5.74, 6) is -0.787. The van der Waals surface area contributed by atoms with Crippen molar-refractivity contribution in [2.75, 3.05) is 12.4 Å². The van der Waals surface area contributed by atoms with Gasteiger partial charge in [-0.1, -0.05) is 6.07 Å². The first-order valence-corrected chi connectivity index (χ1v) is 9.13. The predicted molar refractivity (Wildman–Crippen MR) is 102 cm³/mol. The number of benzene rings is 2. The van der Waals surface area contributed by atoms with Crippen LogP contribution in [-0.2, 0) is 11.2 Å². The lowest BCUT2D eigenvalue weighted by Gasteiger charge is -2.05. The summed E-state index contributed by atoms with van der Waals surface area (Å²) >= 11 is 1.36. The van der Waals surface area contributed by atoms with Crippen LogP contribution in [0.3, 0.4) is 0 Å². The van der Waals surface area contributed by atoms with E-state index in [4.69, 9.17) is 4.74 Å². The third-order valence-electron chi connectivity index (χ3n) is 4.02. The summed E-state index contributed by atoms with van der Waals surface area (Å²) in [5.41, 5.74) is 2.22. The van der Waals surface area contributed by atoms with Crippen LogP contribution in [0.25, 0.3) is 11.3 Å². The molecule has 3 aromatic rings. The van der Waals surface area contributed by atoms with E-state index in [1.807, 2.05) is 6.92 Å². The number of hydrogen-bond acceptors (Lipinski definition) is 4. The molecule has 27 heavy (non-hydrogen) atoms. The summed E-state index contributed by atoms with van der Waals surface area (Å²) in [7, 11) is 1.40. The number of aromatic nitrogens is 1. The molecule has 0 saturated heterocycles. The van der Waals surface area contributed by atoms with Gasteiger partial charge in [0.25, 0.3) is 0 Å². The zero-order valence-electron chi connectivity index (χ0n) is 14.9. The largest absolute Gasteiger partial charge is 0.494 e. The zero-order chi connectivity index (χ0) is 19.4. The van der Waals surface area contributed by atoms with Crippen molar-refractivity contribution in [3.8, 4) is 17.0 Å². The highest BCUT2D eigenvalue weighted by atomic mass is 32.1. The van der Waals surface area contributed by atoms with Gasteiger partial charge in [-0.3, -0.25) is 4.79 Å². The van der Waals surface area contributed by atoms with E-state index >= 15 is 0 Å². The first kappa shape index (κ1) is 19.0. The maximum absolute atomic E-state index is 13.7. The molecule has 1 amide bonds. The molecule has 1 N–H and O–H groups in total. The third-order valence-corrected chi connectivity index (χ3v) is 4.90. The summed E-state index contributed by atoms with van der Waals surface area (Å²) in [6.07, 6.45) is 0.609. The molecule has 4 nitrogen and oxygen atoms in total. The first-order chi connectivity index (χ1) is 13.0. The van der Waals surface area contributed by atoms with Gasteiger partial charge in [0.15, 0.2) is 16.7 Å². The normalized spacial score (nSPS) is 10.7. The Morgan fingerprint density at radius 2 is 1.93 bits per heavy atom. The standard InChI is InChI=1S/C20H18F2N2O2S/c1-12-19(14-5-7-15(21)8-6-14)24-20(27-12)23-18(25)10-4-13-3-9-17(26-2)16(22)11-13/h3,5-9,11H,4,10H2,1-2H3,(H,23,24,25). The second-order valence-electron chi connectivity index (χ2n) is 5.95. The fourth-order valence-electron chi connectivity index (χ4n) is 2.63. The second kappa shape index (κ2) is 8.26. The molecule has 0 aliphatic carbocycles. The number of nitrogens with one attached hydrogen (secondary N) is 1. The van der Waals surface area contributed by atoms with Crippen molar-refractivity contribution in [3.63, 3.8) is 0 Å². The highest BCUT2D eigenvalue weighted by molar-refractivity contribution is 7.16. The van der Waals surface area contributed by atoms with Crippen molar-refractivity contribution < 1.29 is 18.3 Å². The van der Waals surface area contributed by atoms with E-state index in [0.717, 1.165) is 10.4 Å². The van der Waals surface area contributed by atoms with Gasteiger partial charge in [-0.25, -0.2) is 13.8 Å². The molecule has 140 valence electrons. The van der Waals surface area contributed by atoms with Gasteiger partial charge in [0, 0.05) is 16.9 Å². The summed E-state index contributed by atoms with van der Waals surface area (Å²) in [4.78, 5) is 17.5. The van der Waals surface area contributed by atoms with Crippen LogP contribution in [0, 0.1) is 18.6 Å². The Morgan fingerprint density at radius 1 is 1.19 bits per heavy atom. The fraction of sp³-hybridized carbons (Fsp3) is 0.200.